The molecule has 2 atom stereocenters. The van der Waals surface area contributed by atoms with Gasteiger partial charge in [0, 0.05) is 6.04 Å². The van der Waals surface area contributed by atoms with Gasteiger partial charge in [-0.15, -0.1) is 6.42 Å². The van der Waals surface area contributed by atoms with Gasteiger partial charge in [0.2, 0.25) is 0 Å². The van der Waals surface area contributed by atoms with Gasteiger partial charge < -0.3 is 5.32 Å². The molecular weight excluding hydrogens is 170 g/mol. The molecule has 0 heterocycles. The van der Waals surface area contributed by atoms with Gasteiger partial charge in [0.15, 0.2) is 0 Å². The van der Waals surface area contributed by atoms with Crippen LogP contribution in [0.3, 0.4) is 0 Å². The van der Waals surface area contributed by atoms with E-state index in [0.29, 0.717) is 6.04 Å². The number of nitrogens with one attached hydrogen (secondary N) is 1. The van der Waals surface area contributed by atoms with Crippen LogP contribution in [-0.2, 0) is 0 Å². The molecule has 1 fully saturated rings. The molecule has 1 aliphatic rings. The molecule has 0 aliphatic heterocycles. The second kappa shape index (κ2) is 5.88. The Hall–Kier alpha value is -0.740. The smallest absolute Gasteiger partial charge is 0.0576 e. The first-order valence-electron chi connectivity index (χ1n) is 5.54. The fraction of sp³-hybridized carbons (Fsp3) is 0.692. The van der Waals surface area contributed by atoms with E-state index in [1.54, 1.807) is 0 Å². The van der Waals surface area contributed by atoms with Gasteiger partial charge in [0.05, 0.1) is 6.54 Å². The van der Waals surface area contributed by atoms with Crippen LogP contribution < -0.4 is 5.32 Å². The van der Waals surface area contributed by atoms with Crippen LogP contribution in [0.15, 0.2) is 11.6 Å². The van der Waals surface area contributed by atoms with E-state index in [4.69, 9.17) is 6.42 Å². The molecule has 14 heavy (non-hydrogen) atoms. The third kappa shape index (κ3) is 3.55. The average molecular weight is 191 g/mol. The fourth-order valence-corrected chi connectivity index (χ4v) is 2.16. The molecule has 0 amide bonds. The zero-order valence-electron chi connectivity index (χ0n) is 9.34. The highest BCUT2D eigenvalue weighted by molar-refractivity contribution is 4.98. The lowest BCUT2D eigenvalue weighted by molar-refractivity contribution is 0.419. The molecule has 0 spiro atoms. The van der Waals surface area contributed by atoms with E-state index >= 15 is 0 Å². The Morgan fingerprint density at radius 1 is 1.50 bits per heavy atom. The van der Waals surface area contributed by atoms with Crippen LogP contribution in [0, 0.1) is 18.3 Å². The Labute approximate surface area is 88.0 Å². The van der Waals surface area contributed by atoms with Crippen molar-refractivity contribution < 1.29 is 0 Å². The van der Waals surface area contributed by atoms with Crippen LogP contribution in [0.5, 0.6) is 0 Å². The predicted octanol–water partition coefficient (Wildman–Crippen LogP) is 2.73. The van der Waals surface area contributed by atoms with Crippen molar-refractivity contribution in [3.05, 3.63) is 11.6 Å². The number of rotatable bonds is 4. The molecule has 0 aromatic heterocycles. The molecule has 0 bridgehead atoms. The van der Waals surface area contributed by atoms with Crippen molar-refractivity contribution in [3.8, 4) is 12.3 Å². The number of terminal acetylenes is 1. The van der Waals surface area contributed by atoms with E-state index in [1.165, 1.54) is 31.3 Å². The van der Waals surface area contributed by atoms with Gasteiger partial charge in [-0.2, -0.15) is 0 Å². The Kier molecular flexibility index (Phi) is 4.76. The fourth-order valence-electron chi connectivity index (χ4n) is 2.16. The summed E-state index contributed by atoms with van der Waals surface area (Å²) in [5, 5.41) is 3.44. The summed E-state index contributed by atoms with van der Waals surface area (Å²) in [6.45, 7) is 5.05. The minimum Gasteiger partial charge on any atom is -0.303 e. The quantitative estimate of drug-likeness (QED) is 0.532. The van der Waals surface area contributed by atoms with Crippen LogP contribution in [0.2, 0.25) is 0 Å². The summed E-state index contributed by atoms with van der Waals surface area (Å²) in [5.74, 6) is 3.46. The predicted molar refractivity (Wildman–Crippen MR) is 62.0 cm³/mol. The molecule has 1 aliphatic carbocycles. The second-order valence-electron chi connectivity index (χ2n) is 4.40. The highest BCUT2D eigenvalue weighted by Crippen LogP contribution is 2.28. The standard InChI is InChI=1S/C13H21N/c1-4-10-14-13-7-5-6-12(13)9-8-11(2)3/h1,8,12-14H,5-7,9-10H2,2-3H3/t12-,13-/m0/s1. The topological polar surface area (TPSA) is 12.0 Å². The first kappa shape index (κ1) is 11.3. The summed E-state index contributed by atoms with van der Waals surface area (Å²) >= 11 is 0. The molecule has 1 heteroatoms. The van der Waals surface area contributed by atoms with Crippen molar-refractivity contribution in [2.75, 3.05) is 6.54 Å². The third-order valence-corrected chi connectivity index (χ3v) is 2.95. The number of allylic oxidation sites excluding steroid dienone is 2. The van der Waals surface area contributed by atoms with Crippen molar-refractivity contribution in [1.82, 2.24) is 5.32 Å². The maximum atomic E-state index is 5.25. The lowest BCUT2D eigenvalue weighted by Gasteiger charge is -2.18. The Balaban J connectivity index is 2.36. The molecule has 78 valence electrons. The highest BCUT2D eigenvalue weighted by atomic mass is 14.9. The van der Waals surface area contributed by atoms with Crippen molar-refractivity contribution in [2.45, 2.75) is 45.6 Å². The lowest BCUT2D eigenvalue weighted by Crippen LogP contribution is -2.32. The van der Waals surface area contributed by atoms with Crippen LogP contribution in [0.4, 0.5) is 0 Å². The minimum atomic E-state index is 0.654. The summed E-state index contributed by atoms with van der Waals surface area (Å²) in [7, 11) is 0. The van der Waals surface area contributed by atoms with Gasteiger partial charge in [-0.25, -0.2) is 0 Å². The first-order valence-corrected chi connectivity index (χ1v) is 5.54. The molecule has 1 nitrogen and oxygen atoms in total. The van der Waals surface area contributed by atoms with Crippen molar-refractivity contribution in [2.24, 2.45) is 5.92 Å². The molecule has 1 N–H and O–H groups in total. The molecule has 1 rings (SSSR count). The second-order valence-corrected chi connectivity index (χ2v) is 4.40. The van der Waals surface area contributed by atoms with Crippen LogP contribution >= 0.6 is 0 Å². The summed E-state index contributed by atoms with van der Waals surface area (Å²) in [6.07, 6.45) is 12.8. The Morgan fingerprint density at radius 2 is 2.29 bits per heavy atom. The Morgan fingerprint density at radius 3 is 2.93 bits per heavy atom. The molecule has 0 aromatic rings. The van der Waals surface area contributed by atoms with Gasteiger partial charge in [-0.05, 0) is 39.0 Å². The van der Waals surface area contributed by atoms with Crippen molar-refractivity contribution >= 4 is 0 Å². The largest absolute Gasteiger partial charge is 0.303 e. The van der Waals surface area contributed by atoms with Gasteiger partial charge in [0.1, 0.15) is 0 Å². The summed E-state index contributed by atoms with van der Waals surface area (Å²) in [5.41, 5.74) is 1.42. The summed E-state index contributed by atoms with van der Waals surface area (Å²) in [6, 6.07) is 0.654. The lowest BCUT2D eigenvalue weighted by atomic mass is 9.98. The minimum absolute atomic E-state index is 0.654. The Bertz CT molecular complexity index is 230. The molecule has 0 saturated heterocycles. The highest BCUT2D eigenvalue weighted by Gasteiger charge is 2.25. The first-order chi connectivity index (χ1) is 6.74. The maximum absolute atomic E-state index is 5.25. The number of hydrogen-bond donors (Lipinski definition) is 1. The SMILES string of the molecule is C#CCN[C@H]1CCC[C@H]1CC=C(C)C. The molecule has 0 unspecified atom stereocenters. The third-order valence-electron chi connectivity index (χ3n) is 2.95. The van der Waals surface area contributed by atoms with E-state index in [9.17, 15) is 0 Å². The van der Waals surface area contributed by atoms with Crippen LogP contribution in [-0.4, -0.2) is 12.6 Å². The van der Waals surface area contributed by atoms with Crippen molar-refractivity contribution in [1.29, 1.82) is 0 Å². The molecular formula is C13H21N. The summed E-state index contributed by atoms with van der Waals surface area (Å²) < 4.78 is 0. The van der Waals surface area contributed by atoms with E-state index in [0.717, 1.165) is 12.5 Å². The van der Waals surface area contributed by atoms with Gasteiger partial charge >= 0.3 is 0 Å². The normalized spacial score (nSPS) is 25.8. The monoisotopic (exact) mass is 191 g/mol. The number of hydrogen-bond acceptors (Lipinski definition) is 1. The zero-order valence-corrected chi connectivity index (χ0v) is 9.34. The van der Waals surface area contributed by atoms with Gasteiger partial charge in [-0.3, -0.25) is 0 Å². The zero-order chi connectivity index (χ0) is 10.4. The molecule has 0 radical (unpaired) electrons. The van der Waals surface area contributed by atoms with E-state index < -0.39 is 0 Å². The maximum Gasteiger partial charge on any atom is 0.0576 e. The van der Waals surface area contributed by atoms with Gasteiger partial charge in [0.25, 0.3) is 0 Å². The van der Waals surface area contributed by atoms with Gasteiger partial charge in [-0.1, -0.05) is 24.0 Å². The van der Waals surface area contributed by atoms with E-state index in [1.807, 2.05) is 0 Å². The van der Waals surface area contributed by atoms with E-state index in [2.05, 4.69) is 31.2 Å². The van der Waals surface area contributed by atoms with Crippen molar-refractivity contribution in [3.63, 3.8) is 0 Å². The molecule has 0 aromatic carbocycles. The average Bonchev–Trinajstić information content (AvgIpc) is 2.58. The van der Waals surface area contributed by atoms with E-state index in [-0.39, 0.29) is 0 Å². The molecule has 1 saturated carbocycles. The van der Waals surface area contributed by atoms with Crippen LogP contribution in [0.1, 0.15) is 39.5 Å². The summed E-state index contributed by atoms with van der Waals surface area (Å²) in [4.78, 5) is 0. The van der Waals surface area contributed by atoms with Crippen LogP contribution in [0.25, 0.3) is 0 Å².